The number of hydrogen-bond acceptors (Lipinski definition) is 2. The van der Waals surface area contributed by atoms with Crippen LogP contribution >= 0.6 is 0 Å². The molecule has 4 heteroatoms. The molecule has 1 heterocycles. The van der Waals surface area contributed by atoms with Gasteiger partial charge in [0.2, 0.25) is 0 Å². The Morgan fingerprint density at radius 1 is 1.06 bits per heavy atom. The zero-order chi connectivity index (χ0) is 12.6. The molecule has 1 rings (SSSR count). The van der Waals surface area contributed by atoms with Gasteiger partial charge in [0, 0.05) is 25.9 Å². The van der Waals surface area contributed by atoms with Crippen molar-refractivity contribution in [2.24, 2.45) is 4.36 Å². The first-order valence-corrected chi connectivity index (χ1v) is 8.98. The summed E-state index contributed by atoms with van der Waals surface area (Å²) in [7, 11) is -2.07. The van der Waals surface area contributed by atoms with Gasteiger partial charge in [0.05, 0.1) is 0 Å². The Kier molecular flexibility index (Phi) is 7.12. The minimum Gasteiger partial charge on any atom is -0.234 e. The summed E-state index contributed by atoms with van der Waals surface area (Å²) in [5.74, 6) is 0. The standard InChI is InChI=1S/C13H28N2OS/c1-3-4-5-6-8-11-14-17(2,16)15-12-9-7-10-13-15/h3-13H2,1-2H3. The van der Waals surface area contributed by atoms with Crippen molar-refractivity contribution in [2.45, 2.75) is 58.3 Å². The number of hydrogen-bond donors (Lipinski definition) is 0. The van der Waals surface area contributed by atoms with Crippen molar-refractivity contribution in [3.63, 3.8) is 0 Å². The average molecular weight is 260 g/mol. The smallest absolute Gasteiger partial charge is 0.107 e. The van der Waals surface area contributed by atoms with Gasteiger partial charge < -0.3 is 0 Å². The molecule has 0 N–H and O–H groups in total. The number of rotatable bonds is 7. The SMILES string of the molecule is CCCCCCCN=S(C)(=O)N1CCCCC1. The molecule has 1 unspecified atom stereocenters. The molecule has 0 aromatic rings. The highest BCUT2D eigenvalue weighted by Gasteiger charge is 2.17. The fourth-order valence-electron chi connectivity index (χ4n) is 2.23. The van der Waals surface area contributed by atoms with Crippen molar-refractivity contribution in [2.75, 3.05) is 25.9 Å². The summed E-state index contributed by atoms with van der Waals surface area (Å²) in [5.41, 5.74) is 0. The van der Waals surface area contributed by atoms with E-state index in [1.807, 2.05) is 6.26 Å². The van der Waals surface area contributed by atoms with E-state index in [2.05, 4.69) is 15.6 Å². The van der Waals surface area contributed by atoms with Crippen LogP contribution in [0.2, 0.25) is 0 Å². The molecular formula is C13H28N2OS. The second-order valence-corrected chi connectivity index (χ2v) is 7.32. The zero-order valence-electron chi connectivity index (χ0n) is 11.5. The predicted octanol–water partition coefficient (Wildman–Crippen LogP) is 3.46. The van der Waals surface area contributed by atoms with Crippen LogP contribution in [0, 0.1) is 0 Å². The van der Waals surface area contributed by atoms with E-state index in [9.17, 15) is 4.21 Å². The summed E-state index contributed by atoms with van der Waals surface area (Å²) in [6.45, 7) is 4.93. The van der Waals surface area contributed by atoms with Crippen LogP contribution in [0.25, 0.3) is 0 Å². The van der Waals surface area contributed by atoms with Crippen LogP contribution in [0.3, 0.4) is 0 Å². The van der Waals surface area contributed by atoms with E-state index in [0.717, 1.165) is 26.1 Å². The molecule has 1 aliphatic heterocycles. The number of unbranched alkanes of at least 4 members (excludes halogenated alkanes) is 4. The molecule has 0 saturated carbocycles. The third-order valence-corrected chi connectivity index (χ3v) is 5.37. The maximum absolute atomic E-state index is 12.4. The Bertz CT molecular complexity index is 303. The van der Waals surface area contributed by atoms with Gasteiger partial charge in [-0.2, -0.15) is 0 Å². The largest absolute Gasteiger partial charge is 0.234 e. The summed E-state index contributed by atoms with van der Waals surface area (Å²) in [6, 6.07) is 0. The Hall–Kier alpha value is -0.0900. The lowest BCUT2D eigenvalue weighted by molar-refractivity contribution is 0.363. The van der Waals surface area contributed by atoms with E-state index in [0.29, 0.717) is 0 Å². The molecular weight excluding hydrogens is 232 g/mol. The molecule has 0 bridgehead atoms. The average Bonchev–Trinajstić information content (AvgIpc) is 2.35. The normalized spacial score (nSPS) is 21.1. The summed E-state index contributed by atoms with van der Waals surface area (Å²) >= 11 is 0. The van der Waals surface area contributed by atoms with Crippen LogP contribution < -0.4 is 0 Å². The van der Waals surface area contributed by atoms with E-state index in [-0.39, 0.29) is 0 Å². The lowest BCUT2D eigenvalue weighted by atomic mass is 10.2. The van der Waals surface area contributed by atoms with Crippen LogP contribution in [0.1, 0.15) is 58.3 Å². The van der Waals surface area contributed by atoms with Crippen molar-refractivity contribution >= 4 is 9.92 Å². The zero-order valence-corrected chi connectivity index (χ0v) is 12.3. The monoisotopic (exact) mass is 260 g/mol. The third-order valence-electron chi connectivity index (χ3n) is 3.39. The van der Waals surface area contributed by atoms with Gasteiger partial charge in [-0.3, -0.25) is 0 Å². The van der Waals surface area contributed by atoms with Gasteiger partial charge in [0.15, 0.2) is 0 Å². The Morgan fingerprint density at radius 3 is 2.35 bits per heavy atom. The summed E-state index contributed by atoms with van der Waals surface area (Å²) in [6.07, 6.45) is 11.6. The predicted molar refractivity (Wildman–Crippen MR) is 75.5 cm³/mol. The topological polar surface area (TPSA) is 32.7 Å². The molecule has 1 aliphatic rings. The van der Waals surface area contributed by atoms with Gasteiger partial charge in [-0.05, 0) is 19.3 Å². The molecule has 0 radical (unpaired) electrons. The molecule has 1 saturated heterocycles. The molecule has 0 amide bonds. The minimum atomic E-state index is -2.07. The van der Waals surface area contributed by atoms with Crippen LogP contribution in [0.4, 0.5) is 0 Å². The molecule has 1 fully saturated rings. The van der Waals surface area contributed by atoms with E-state index < -0.39 is 9.92 Å². The van der Waals surface area contributed by atoms with Gasteiger partial charge in [-0.1, -0.05) is 39.0 Å². The maximum Gasteiger partial charge on any atom is 0.107 e. The Balaban J connectivity index is 2.27. The van der Waals surface area contributed by atoms with Crippen LogP contribution in [-0.2, 0) is 9.92 Å². The van der Waals surface area contributed by atoms with Crippen LogP contribution in [0.15, 0.2) is 4.36 Å². The van der Waals surface area contributed by atoms with E-state index in [1.54, 1.807) is 0 Å². The minimum absolute atomic E-state index is 0.773. The van der Waals surface area contributed by atoms with Gasteiger partial charge in [0.1, 0.15) is 9.92 Å². The molecule has 3 nitrogen and oxygen atoms in total. The second-order valence-electron chi connectivity index (χ2n) is 5.02. The molecule has 0 aliphatic carbocycles. The van der Waals surface area contributed by atoms with Crippen molar-refractivity contribution in [1.82, 2.24) is 4.31 Å². The third kappa shape index (κ3) is 5.87. The highest BCUT2D eigenvalue weighted by molar-refractivity contribution is 7.90. The Morgan fingerprint density at radius 2 is 1.71 bits per heavy atom. The van der Waals surface area contributed by atoms with Crippen LogP contribution in [0.5, 0.6) is 0 Å². The lowest BCUT2D eigenvalue weighted by Gasteiger charge is -2.27. The first kappa shape index (κ1) is 15.0. The van der Waals surface area contributed by atoms with Crippen molar-refractivity contribution < 1.29 is 4.21 Å². The van der Waals surface area contributed by atoms with Crippen molar-refractivity contribution in [3.8, 4) is 0 Å². The van der Waals surface area contributed by atoms with Gasteiger partial charge in [0.25, 0.3) is 0 Å². The van der Waals surface area contributed by atoms with E-state index in [4.69, 9.17) is 0 Å². The molecule has 0 spiro atoms. The highest BCUT2D eigenvalue weighted by atomic mass is 32.2. The second kappa shape index (κ2) is 8.09. The molecule has 102 valence electrons. The molecule has 0 aromatic heterocycles. The quantitative estimate of drug-likeness (QED) is 0.645. The summed E-state index contributed by atoms with van der Waals surface area (Å²) in [4.78, 5) is 0. The highest BCUT2D eigenvalue weighted by Crippen LogP contribution is 2.14. The fraction of sp³-hybridized carbons (Fsp3) is 1.00. The maximum atomic E-state index is 12.4. The first-order valence-electron chi connectivity index (χ1n) is 7.10. The molecule has 1 atom stereocenters. The van der Waals surface area contributed by atoms with Crippen molar-refractivity contribution in [3.05, 3.63) is 0 Å². The molecule has 0 aromatic carbocycles. The van der Waals surface area contributed by atoms with Gasteiger partial charge in [-0.25, -0.2) is 12.9 Å². The first-order chi connectivity index (χ1) is 8.17. The fourth-order valence-corrected chi connectivity index (χ4v) is 3.80. The Labute approximate surface area is 107 Å². The molecule has 17 heavy (non-hydrogen) atoms. The lowest BCUT2D eigenvalue weighted by Crippen LogP contribution is -2.34. The number of nitrogens with zero attached hydrogens (tertiary/aromatic N) is 2. The van der Waals surface area contributed by atoms with Crippen molar-refractivity contribution in [1.29, 1.82) is 0 Å². The van der Waals surface area contributed by atoms with E-state index in [1.165, 1.54) is 44.9 Å². The summed E-state index contributed by atoms with van der Waals surface area (Å²) < 4.78 is 18.9. The van der Waals surface area contributed by atoms with Gasteiger partial charge in [-0.15, -0.1) is 0 Å². The van der Waals surface area contributed by atoms with Gasteiger partial charge >= 0.3 is 0 Å². The summed E-state index contributed by atoms with van der Waals surface area (Å²) in [5, 5.41) is 0. The van der Waals surface area contributed by atoms with Crippen LogP contribution in [-0.4, -0.2) is 34.4 Å². The number of piperidine rings is 1. The van der Waals surface area contributed by atoms with E-state index >= 15 is 0 Å².